The highest BCUT2D eigenvalue weighted by atomic mass is 32.2. The van der Waals surface area contributed by atoms with E-state index in [2.05, 4.69) is 4.98 Å². The third kappa shape index (κ3) is 3.71. The number of hydrogen-bond donors (Lipinski definition) is 2. The van der Waals surface area contributed by atoms with Gasteiger partial charge in [0, 0.05) is 33.4 Å². The third-order valence-corrected chi connectivity index (χ3v) is 6.17. The van der Waals surface area contributed by atoms with Crippen molar-refractivity contribution in [2.45, 2.75) is 42.2 Å². The largest absolute Gasteiger partial charge is 0.384 e. The minimum absolute atomic E-state index is 0.0493. The summed E-state index contributed by atoms with van der Waals surface area (Å²) in [7, 11) is 0. The lowest BCUT2D eigenvalue weighted by molar-refractivity contribution is -0.384. The Balaban J connectivity index is 2.26. The summed E-state index contributed by atoms with van der Waals surface area (Å²) in [6, 6.07) is 8.05. The highest BCUT2D eigenvalue weighted by molar-refractivity contribution is 8.00. The van der Waals surface area contributed by atoms with Gasteiger partial charge in [0.25, 0.3) is 11.2 Å². The Labute approximate surface area is 165 Å². The molecule has 0 spiro atoms. The van der Waals surface area contributed by atoms with Crippen LogP contribution in [0.2, 0.25) is 0 Å². The Morgan fingerprint density at radius 1 is 1.18 bits per heavy atom. The van der Waals surface area contributed by atoms with Crippen molar-refractivity contribution in [3.8, 4) is 23.3 Å². The van der Waals surface area contributed by atoms with Crippen LogP contribution in [0, 0.1) is 32.8 Å². The van der Waals surface area contributed by atoms with Gasteiger partial charge in [0.05, 0.1) is 4.92 Å². The van der Waals surface area contributed by atoms with E-state index >= 15 is 0 Å². The second-order valence-corrected chi connectivity index (χ2v) is 7.87. The van der Waals surface area contributed by atoms with Gasteiger partial charge in [-0.15, -0.1) is 11.8 Å². The van der Waals surface area contributed by atoms with E-state index in [9.17, 15) is 25.4 Å². The van der Waals surface area contributed by atoms with Gasteiger partial charge in [-0.3, -0.25) is 14.9 Å². The lowest BCUT2D eigenvalue weighted by atomic mass is 9.96. The summed E-state index contributed by atoms with van der Waals surface area (Å²) in [5.41, 5.74) is 4.90. The number of nitrogens with zero attached hydrogens (tertiary/aromatic N) is 3. The number of nitro groups is 1. The molecule has 1 fully saturated rings. The molecule has 3 rings (SSSR count). The molecule has 142 valence electrons. The SMILES string of the molecule is N#Cc1c(N)[nH]c(=O)c(C#N)c1-c1cc([N+](=O)[O-])ccc1SC1CCCCC1. The Kier molecular flexibility index (Phi) is 5.67. The van der Waals surface area contributed by atoms with Crippen LogP contribution in [0.4, 0.5) is 11.5 Å². The molecule has 1 heterocycles. The van der Waals surface area contributed by atoms with E-state index in [0.717, 1.165) is 25.7 Å². The Morgan fingerprint density at radius 3 is 2.46 bits per heavy atom. The van der Waals surface area contributed by atoms with Crippen LogP contribution < -0.4 is 11.3 Å². The normalized spacial score (nSPS) is 14.2. The molecule has 0 amide bonds. The van der Waals surface area contributed by atoms with Gasteiger partial charge in [0.15, 0.2) is 0 Å². The number of benzene rings is 1. The van der Waals surface area contributed by atoms with Crippen molar-refractivity contribution in [2.24, 2.45) is 0 Å². The average molecular weight is 395 g/mol. The molecular formula is C19H17N5O3S. The predicted octanol–water partition coefficient (Wildman–Crippen LogP) is 3.70. The van der Waals surface area contributed by atoms with Gasteiger partial charge in [0.2, 0.25) is 0 Å². The third-order valence-electron chi connectivity index (χ3n) is 4.76. The number of nitrogen functional groups attached to an aromatic ring is 1. The Hall–Kier alpha value is -3.30. The van der Waals surface area contributed by atoms with Gasteiger partial charge in [0.1, 0.15) is 29.1 Å². The number of rotatable bonds is 4. The Bertz CT molecular complexity index is 1070. The van der Waals surface area contributed by atoms with Gasteiger partial charge < -0.3 is 10.7 Å². The number of thioether (sulfide) groups is 1. The zero-order valence-corrected chi connectivity index (χ0v) is 15.7. The molecule has 1 aliphatic rings. The number of nitrogens with two attached hydrogens (primary N) is 1. The number of nitro benzene ring substituents is 1. The van der Waals surface area contributed by atoms with Gasteiger partial charge >= 0.3 is 0 Å². The minimum Gasteiger partial charge on any atom is -0.384 e. The number of nitriles is 2. The van der Waals surface area contributed by atoms with E-state index in [-0.39, 0.29) is 28.2 Å². The number of nitrogens with one attached hydrogen (secondary N) is 1. The predicted molar refractivity (Wildman–Crippen MR) is 106 cm³/mol. The molecule has 9 heteroatoms. The molecule has 0 radical (unpaired) electrons. The first-order chi connectivity index (χ1) is 13.5. The lowest BCUT2D eigenvalue weighted by Gasteiger charge is -2.22. The smallest absolute Gasteiger partial charge is 0.270 e. The molecule has 3 N–H and O–H groups in total. The average Bonchev–Trinajstić information content (AvgIpc) is 2.68. The maximum atomic E-state index is 12.2. The minimum atomic E-state index is -0.728. The van der Waals surface area contributed by atoms with Crippen LogP contribution in [0.1, 0.15) is 43.2 Å². The van der Waals surface area contributed by atoms with E-state index < -0.39 is 10.5 Å². The first-order valence-corrected chi connectivity index (χ1v) is 9.65. The van der Waals surface area contributed by atoms with Crippen LogP contribution in [-0.4, -0.2) is 15.2 Å². The van der Waals surface area contributed by atoms with Crippen LogP contribution in [0.15, 0.2) is 27.9 Å². The van der Waals surface area contributed by atoms with Gasteiger partial charge in [-0.1, -0.05) is 19.3 Å². The van der Waals surface area contributed by atoms with E-state index in [1.54, 1.807) is 17.8 Å². The van der Waals surface area contributed by atoms with Gasteiger partial charge in [-0.2, -0.15) is 10.5 Å². The molecule has 0 atom stereocenters. The van der Waals surface area contributed by atoms with Crippen molar-refractivity contribution in [1.29, 1.82) is 10.5 Å². The summed E-state index contributed by atoms with van der Waals surface area (Å²) in [4.78, 5) is 26.0. The molecule has 28 heavy (non-hydrogen) atoms. The molecule has 8 nitrogen and oxygen atoms in total. The lowest BCUT2D eigenvalue weighted by Crippen LogP contribution is -2.16. The molecule has 1 saturated carbocycles. The van der Waals surface area contributed by atoms with Crippen LogP contribution in [0.25, 0.3) is 11.1 Å². The van der Waals surface area contributed by atoms with Crippen molar-refractivity contribution >= 4 is 23.3 Å². The molecule has 1 aromatic heterocycles. The molecule has 0 unspecified atom stereocenters. The fraction of sp³-hybridized carbons (Fsp3) is 0.316. The molecule has 0 aliphatic heterocycles. The number of aromatic amines is 1. The van der Waals surface area contributed by atoms with Crippen molar-refractivity contribution in [2.75, 3.05) is 5.73 Å². The van der Waals surface area contributed by atoms with E-state index in [4.69, 9.17) is 5.73 Å². The number of non-ortho nitro benzene ring substituents is 1. The summed E-state index contributed by atoms with van der Waals surface area (Å²) in [6.07, 6.45) is 5.46. The second kappa shape index (κ2) is 8.15. The number of aromatic nitrogens is 1. The quantitative estimate of drug-likeness (QED) is 0.592. The molecule has 2 aromatic rings. The molecule has 0 bridgehead atoms. The first-order valence-electron chi connectivity index (χ1n) is 8.77. The molecule has 1 aliphatic carbocycles. The second-order valence-electron chi connectivity index (χ2n) is 6.53. The monoisotopic (exact) mass is 395 g/mol. The van der Waals surface area contributed by atoms with Crippen molar-refractivity contribution in [3.05, 3.63) is 49.8 Å². The van der Waals surface area contributed by atoms with Crippen LogP contribution in [0.5, 0.6) is 0 Å². The van der Waals surface area contributed by atoms with E-state index in [0.29, 0.717) is 15.7 Å². The van der Waals surface area contributed by atoms with Crippen molar-refractivity contribution in [3.63, 3.8) is 0 Å². The summed E-state index contributed by atoms with van der Waals surface area (Å²) < 4.78 is 0. The number of H-pyrrole nitrogens is 1. The summed E-state index contributed by atoms with van der Waals surface area (Å²) >= 11 is 1.56. The first kappa shape index (κ1) is 19.5. The van der Waals surface area contributed by atoms with Crippen LogP contribution in [0.3, 0.4) is 0 Å². The van der Waals surface area contributed by atoms with Crippen molar-refractivity contribution in [1.82, 2.24) is 4.98 Å². The van der Waals surface area contributed by atoms with E-state index in [1.165, 1.54) is 18.6 Å². The summed E-state index contributed by atoms with van der Waals surface area (Å²) in [6.45, 7) is 0. The van der Waals surface area contributed by atoms with Crippen LogP contribution in [-0.2, 0) is 0 Å². The number of hydrogen-bond acceptors (Lipinski definition) is 7. The zero-order chi connectivity index (χ0) is 20.3. The highest BCUT2D eigenvalue weighted by Gasteiger charge is 2.24. The topological polar surface area (TPSA) is 150 Å². The zero-order valence-electron chi connectivity index (χ0n) is 14.9. The Morgan fingerprint density at radius 2 is 1.86 bits per heavy atom. The van der Waals surface area contributed by atoms with Gasteiger partial charge in [-0.25, -0.2) is 0 Å². The van der Waals surface area contributed by atoms with E-state index in [1.807, 2.05) is 12.1 Å². The summed E-state index contributed by atoms with van der Waals surface area (Å²) in [5.74, 6) is -0.165. The van der Waals surface area contributed by atoms with Crippen molar-refractivity contribution < 1.29 is 4.92 Å². The maximum absolute atomic E-state index is 12.2. The highest BCUT2D eigenvalue weighted by Crippen LogP contribution is 2.42. The number of pyridine rings is 1. The van der Waals surface area contributed by atoms with Gasteiger partial charge in [-0.05, 0) is 18.9 Å². The van der Waals surface area contributed by atoms with Crippen LogP contribution >= 0.6 is 11.8 Å². The molecular weight excluding hydrogens is 378 g/mol. The molecule has 0 saturated heterocycles. The molecule has 1 aromatic carbocycles. The fourth-order valence-electron chi connectivity index (χ4n) is 3.40. The number of anilines is 1. The maximum Gasteiger partial charge on any atom is 0.270 e. The standard InChI is InChI=1S/C19H17N5O3S/c20-9-14-17(15(10-21)19(25)23-18(14)22)13-8-11(24(26)27)6-7-16(13)28-12-4-2-1-3-5-12/h6-8,12H,1-5H2,(H3,22,23,25). The summed E-state index contributed by atoms with van der Waals surface area (Å²) in [5, 5.41) is 30.7. The fourth-order valence-corrected chi connectivity index (χ4v) is 4.77.